The van der Waals surface area contributed by atoms with Gasteiger partial charge in [-0.2, -0.15) is 0 Å². The molecule has 3 aromatic rings. The number of carbonyl (C=O) groups excluding carboxylic acids is 2. The minimum absolute atomic E-state index is 0.0509. The van der Waals surface area contributed by atoms with Crippen LogP contribution < -0.4 is 14.4 Å². The van der Waals surface area contributed by atoms with E-state index in [-0.39, 0.29) is 17.3 Å². The molecule has 6 heteroatoms. The van der Waals surface area contributed by atoms with Gasteiger partial charge in [-0.1, -0.05) is 51.1 Å². The first kappa shape index (κ1) is 26.0. The number of aliphatic hydroxyl groups is 1. The number of para-hydroxylation sites is 1. The molecule has 1 aliphatic rings. The van der Waals surface area contributed by atoms with Gasteiger partial charge in [0.1, 0.15) is 17.3 Å². The Labute approximate surface area is 218 Å². The number of nitrogens with zero attached hydrogens (tertiary/aromatic N) is 1. The molecule has 4 rings (SSSR count). The number of ether oxygens (including phenoxy) is 2. The average molecular weight is 500 g/mol. The molecule has 192 valence electrons. The van der Waals surface area contributed by atoms with Crippen molar-refractivity contribution < 1.29 is 24.2 Å². The van der Waals surface area contributed by atoms with Crippen LogP contribution in [0.1, 0.15) is 62.8 Å². The largest absolute Gasteiger partial charge is 0.507 e. The Morgan fingerprint density at radius 3 is 2.27 bits per heavy atom. The van der Waals surface area contributed by atoms with E-state index in [1.807, 2.05) is 76.2 Å². The summed E-state index contributed by atoms with van der Waals surface area (Å²) >= 11 is 0. The smallest absolute Gasteiger partial charge is 0.300 e. The summed E-state index contributed by atoms with van der Waals surface area (Å²) in [5.74, 6) is -0.0457. The van der Waals surface area contributed by atoms with Crippen LogP contribution in [-0.4, -0.2) is 30.0 Å². The van der Waals surface area contributed by atoms with E-state index in [4.69, 9.17) is 9.47 Å². The maximum atomic E-state index is 13.4. The normalized spacial score (nSPS) is 16.9. The third-order valence-corrected chi connectivity index (χ3v) is 6.35. The van der Waals surface area contributed by atoms with E-state index in [2.05, 4.69) is 0 Å². The summed E-state index contributed by atoms with van der Waals surface area (Å²) in [6.07, 6.45) is 0.885. The van der Waals surface area contributed by atoms with E-state index in [1.165, 1.54) is 4.90 Å². The van der Waals surface area contributed by atoms with E-state index in [1.54, 1.807) is 24.3 Å². The molecule has 1 amide bonds. The number of carbonyl (C=O) groups is 2. The van der Waals surface area contributed by atoms with Crippen molar-refractivity contribution in [3.63, 3.8) is 0 Å². The van der Waals surface area contributed by atoms with Gasteiger partial charge < -0.3 is 14.6 Å². The Balaban J connectivity index is 1.87. The maximum absolute atomic E-state index is 13.4. The van der Waals surface area contributed by atoms with Gasteiger partial charge >= 0.3 is 0 Å². The highest BCUT2D eigenvalue weighted by Gasteiger charge is 2.47. The van der Waals surface area contributed by atoms with Crippen LogP contribution >= 0.6 is 0 Å². The van der Waals surface area contributed by atoms with Crippen molar-refractivity contribution in [1.29, 1.82) is 0 Å². The van der Waals surface area contributed by atoms with E-state index in [9.17, 15) is 14.7 Å². The predicted molar refractivity (Wildman–Crippen MR) is 145 cm³/mol. The Morgan fingerprint density at radius 1 is 0.946 bits per heavy atom. The molecule has 0 bridgehead atoms. The lowest BCUT2D eigenvalue weighted by molar-refractivity contribution is -0.132. The Kier molecular flexibility index (Phi) is 7.97. The van der Waals surface area contributed by atoms with Crippen molar-refractivity contribution in [2.45, 2.75) is 46.1 Å². The number of amides is 1. The summed E-state index contributed by atoms with van der Waals surface area (Å²) in [5, 5.41) is 11.5. The molecular weight excluding hydrogens is 466 g/mol. The molecule has 1 N–H and O–H groups in total. The van der Waals surface area contributed by atoms with Crippen LogP contribution in [0.4, 0.5) is 5.69 Å². The molecule has 6 nitrogen and oxygen atoms in total. The first-order chi connectivity index (χ1) is 17.9. The number of hydrogen-bond acceptors (Lipinski definition) is 5. The number of aliphatic hydroxyl groups excluding tert-OH is 1. The van der Waals surface area contributed by atoms with Crippen LogP contribution in [0.15, 0.2) is 78.4 Å². The van der Waals surface area contributed by atoms with Crippen molar-refractivity contribution >= 4 is 23.1 Å². The summed E-state index contributed by atoms with van der Waals surface area (Å²) in [7, 11) is 0. The van der Waals surface area contributed by atoms with Crippen LogP contribution in [0.3, 0.4) is 0 Å². The lowest BCUT2D eigenvalue weighted by Gasteiger charge is -2.25. The highest BCUT2D eigenvalue weighted by atomic mass is 16.5. The van der Waals surface area contributed by atoms with Gasteiger partial charge in [0, 0.05) is 11.3 Å². The number of benzene rings is 3. The number of ketones is 1. The molecular formula is C31H33NO5. The van der Waals surface area contributed by atoms with Gasteiger partial charge in [-0.15, -0.1) is 0 Å². The SMILES string of the molecule is CCCOc1ccc(C2/C(=C(/O)c3ccc(OCC)c(C(C)C)c3)C(=O)C(=O)N2c2ccccc2)cc1. The molecule has 0 aromatic heterocycles. The van der Waals surface area contributed by atoms with Gasteiger partial charge in [-0.05, 0) is 72.9 Å². The molecule has 37 heavy (non-hydrogen) atoms. The fraction of sp³-hybridized carbons (Fsp3) is 0.290. The molecule has 1 saturated heterocycles. The molecule has 1 aliphatic heterocycles. The summed E-state index contributed by atoms with van der Waals surface area (Å²) in [6, 6.07) is 20.9. The maximum Gasteiger partial charge on any atom is 0.300 e. The molecule has 0 saturated carbocycles. The summed E-state index contributed by atoms with van der Waals surface area (Å²) < 4.78 is 11.5. The Bertz CT molecular complexity index is 1290. The van der Waals surface area contributed by atoms with Crippen LogP contribution in [0.2, 0.25) is 0 Å². The van der Waals surface area contributed by atoms with Crippen LogP contribution in [0.25, 0.3) is 5.76 Å². The van der Waals surface area contributed by atoms with E-state index in [0.717, 1.165) is 17.7 Å². The molecule has 3 aromatic carbocycles. The fourth-order valence-corrected chi connectivity index (χ4v) is 4.56. The standard InChI is InChI=1S/C31H33NO5/c1-5-18-37-24-15-12-21(13-16-24)28-27(30(34)31(35)32(28)23-10-8-7-9-11-23)29(33)22-14-17-26(36-6-2)25(19-22)20(3)4/h7-17,19-20,28,33H,5-6,18H2,1-4H3/b29-27-. The third kappa shape index (κ3) is 5.24. The second-order valence-electron chi connectivity index (χ2n) is 9.26. The lowest BCUT2D eigenvalue weighted by atomic mass is 9.93. The summed E-state index contributed by atoms with van der Waals surface area (Å²) in [4.78, 5) is 28.2. The molecule has 0 aliphatic carbocycles. The van der Waals surface area contributed by atoms with Gasteiger partial charge in [0.25, 0.3) is 11.7 Å². The fourth-order valence-electron chi connectivity index (χ4n) is 4.56. The zero-order valence-corrected chi connectivity index (χ0v) is 21.7. The first-order valence-electron chi connectivity index (χ1n) is 12.7. The van der Waals surface area contributed by atoms with Crippen LogP contribution in [-0.2, 0) is 9.59 Å². The minimum Gasteiger partial charge on any atom is -0.507 e. The highest BCUT2D eigenvalue weighted by Crippen LogP contribution is 2.43. The second-order valence-corrected chi connectivity index (χ2v) is 9.26. The number of rotatable bonds is 9. The molecule has 0 radical (unpaired) electrons. The predicted octanol–water partition coefficient (Wildman–Crippen LogP) is 6.62. The number of anilines is 1. The lowest BCUT2D eigenvalue weighted by Crippen LogP contribution is -2.29. The monoisotopic (exact) mass is 499 g/mol. The van der Waals surface area contributed by atoms with Crippen molar-refractivity contribution in [3.05, 3.63) is 95.1 Å². The molecule has 1 fully saturated rings. The molecule has 0 spiro atoms. The van der Waals surface area contributed by atoms with Crippen molar-refractivity contribution in [3.8, 4) is 11.5 Å². The zero-order chi connectivity index (χ0) is 26.5. The zero-order valence-electron chi connectivity index (χ0n) is 21.7. The first-order valence-corrected chi connectivity index (χ1v) is 12.7. The minimum atomic E-state index is -0.795. The summed E-state index contributed by atoms with van der Waals surface area (Å²) in [6.45, 7) is 9.15. The molecule has 1 atom stereocenters. The number of Topliss-reactive ketones (excluding diaryl/α,β-unsaturated/α-hetero) is 1. The van der Waals surface area contributed by atoms with Crippen LogP contribution in [0, 0.1) is 0 Å². The molecule has 1 unspecified atom stereocenters. The van der Waals surface area contributed by atoms with Crippen molar-refractivity contribution in [2.24, 2.45) is 0 Å². The average Bonchev–Trinajstić information content (AvgIpc) is 3.18. The van der Waals surface area contributed by atoms with E-state index >= 15 is 0 Å². The van der Waals surface area contributed by atoms with Gasteiger partial charge in [-0.25, -0.2) is 0 Å². The Hall–Kier alpha value is -4.06. The topological polar surface area (TPSA) is 76.1 Å². The van der Waals surface area contributed by atoms with E-state index < -0.39 is 17.7 Å². The second kappa shape index (κ2) is 11.3. The van der Waals surface area contributed by atoms with Crippen molar-refractivity contribution in [1.82, 2.24) is 0 Å². The highest BCUT2D eigenvalue weighted by molar-refractivity contribution is 6.51. The van der Waals surface area contributed by atoms with Crippen molar-refractivity contribution in [2.75, 3.05) is 18.1 Å². The quantitative estimate of drug-likeness (QED) is 0.203. The van der Waals surface area contributed by atoms with Gasteiger partial charge in [0.2, 0.25) is 0 Å². The number of hydrogen-bond donors (Lipinski definition) is 1. The van der Waals surface area contributed by atoms with Gasteiger partial charge in [-0.3, -0.25) is 14.5 Å². The van der Waals surface area contributed by atoms with Gasteiger partial charge in [0.15, 0.2) is 0 Å². The third-order valence-electron chi connectivity index (χ3n) is 6.35. The molecule has 1 heterocycles. The van der Waals surface area contributed by atoms with Gasteiger partial charge in [0.05, 0.1) is 24.8 Å². The van der Waals surface area contributed by atoms with E-state index in [0.29, 0.717) is 35.8 Å². The summed E-state index contributed by atoms with van der Waals surface area (Å²) in [5.41, 5.74) is 2.70. The Morgan fingerprint density at radius 2 is 1.65 bits per heavy atom. The van der Waals surface area contributed by atoms with Crippen LogP contribution in [0.5, 0.6) is 11.5 Å².